The molecule has 4 heteroatoms. The second-order valence-corrected chi connectivity index (χ2v) is 5.02. The predicted octanol–water partition coefficient (Wildman–Crippen LogP) is 4.53. The number of amides is 1. The fraction of sp³-hybridized carbons (Fsp3) is 0. The quantitative estimate of drug-likeness (QED) is 0.704. The van der Waals surface area contributed by atoms with Crippen LogP contribution in [0.3, 0.4) is 0 Å². The number of benzene rings is 2. The van der Waals surface area contributed by atoms with Crippen molar-refractivity contribution in [3.05, 3.63) is 90.8 Å². The summed E-state index contributed by atoms with van der Waals surface area (Å²) in [7, 11) is 0. The zero-order valence-electron chi connectivity index (χ0n) is 12.9. The van der Waals surface area contributed by atoms with Crippen LogP contribution in [-0.2, 0) is 4.79 Å². The Kier molecular flexibility index (Phi) is 5.00. The van der Waals surface area contributed by atoms with Crippen LogP contribution in [0.25, 0.3) is 6.08 Å². The molecule has 0 bridgehead atoms. The van der Waals surface area contributed by atoms with Gasteiger partial charge >= 0.3 is 0 Å². The lowest BCUT2D eigenvalue weighted by atomic mass is 10.3. The average Bonchev–Trinajstić information content (AvgIpc) is 2.62. The minimum Gasteiger partial charge on any atom is -0.457 e. The van der Waals surface area contributed by atoms with E-state index in [2.05, 4.69) is 10.3 Å². The fourth-order valence-corrected chi connectivity index (χ4v) is 2.08. The van der Waals surface area contributed by atoms with E-state index >= 15 is 0 Å². The standard InChI is InChI=1S/C20H16N2O2/c23-20(13-12-16-7-4-5-14-21-16)22-17-8-6-11-19(15-17)24-18-9-2-1-3-10-18/h1-15H,(H,22,23). The first-order valence-electron chi connectivity index (χ1n) is 7.53. The summed E-state index contributed by atoms with van der Waals surface area (Å²) in [6, 6.07) is 22.3. The van der Waals surface area contributed by atoms with Gasteiger partial charge in [0.15, 0.2) is 0 Å². The van der Waals surface area contributed by atoms with Crippen LogP contribution in [0.1, 0.15) is 5.69 Å². The third-order valence-corrected chi connectivity index (χ3v) is 3.17. The van der Waals surface area contributed by atoms with Crippen LogP contribution < -0.4 is 10.1 Å². The van der Waals surface area contributed by atoms with Crippen LogP contribution in [0.5, 0.6) is 11.5 Å². The molecule has 4 nitrogen and oxygen atoms in total. The number of ether oxygens (including phenoxy) is 1. The van der Waals surface area contributed by atoms with Crippen molar-refractivity contribution in [1.29, 1.82) is 0 Å². The highest BCUT2D eigenvalue weighted by Crippen LogP contribution is 2.23. The second-order valence-electron chi connectivity index (χ2n) is 5.02. The van der Waals surface area contributed by atoms with Gasteiger partial charge in [0.2, 0.25) is 5.91 Å². The molecule has 0 atom stereocenters. The minimum atomic E-state index is -0.225. The van der Waals surface area contributed by atoms with Crippen molar-refractivity contribution in [3.63, 3.8) is 0 Å². The van der Waals surface area contributed by atoms with Crippen LogP contribution in [0.4, 0.5) is 5.69 Å². The van der Waals surface area contributed by atoms with Crippen LogP contribution in [-0.4, -0.2) is 10.9 Å². The van der Waals surface area contributed by atoms with E-state index < -0.39 is 0 Å². The molecule has 3 rings (SSSR count). The molecule has 24 heavy (non-hydrogen) atoms. The highest BCUT2D eigenvalue weighted by Gasteiger charge is 2.01. The van der Waals surface area contributed by atoms with Gasteiger partial charge in [-0.05, 0) is 42.5 Å². The Bertz CT molecular complexity index is 831. The van der Waals surface area contributed by atoms with E-state index in [9.17, 15) is 4.79 Å². The lowest BCUT2D eigenvalue weighted by Gasteiger charge is -2.08. The summed E-state index contributed by atoms with van der Waals surface area (Å²) in [6.07, 6.45) is 4.80. The Morgan fingerprint density at radius 2 is 1.71 bits per heavy atom. The molecule has 0 saturated carbocycles. The Hall–Kier alpha value is -3.40. The van der Waals surface area contributed by atoms with Gasteiger partial charge in [0.1, 0.15) is 11.5 Å². The monoisotopic (exact) mass is 316 g/mol. The number of carbonyl (C=O) groups excluding carboxylic acids is 1. The fourth-order valence-electron chi connectivity index (χ4n) is 2.08. The second kappa shape index (κ2) is 7.74. The van der Waals surface area contributed by atoms with Gasteiger partial charge < -0.3 is 10.1 Å². The molecule has 1 aromatic heterocycles. The van der Waals surface area contributed by atoms with Crippen LogP contribution >= 0.6 is 0 Å². The zero-order valence-corrected chi connectivity index (χ0v) is 12.9. The summed E-state index contributed by atoms with van der Waals surface area (Å²) >= 11 is 0. The maximum Gasteiger partial charge on any atom is 0.248 e. The number of nitrogens with zero attached hydrogens (tertiary/aromatic N) is 1. The highest BCUT2D eigenvalue weighted by molar-refractivity contribution is 6.01. The maximum absolute atomic E-state index is 12.0. The molecular weight excluding hydrogens is 300 g/mol. The molecule has 0 unspecified atom stereocenters. The van der Waals surface area contributed by atoms with E-state index in [1.54, 1.807) is 18.3 Å². The molecule has 3 aromatic rings. The normalized spacial score (nSPS) is 10.5. The maximum atomic E-state index is 12.0. The van der Waals surface area contributed by atoms with Crippen LogP contribution in [0.2, 0.25) is 0 Å². The first-order valence-corrected chi connectivity index (χ1v) is 7.53. The van der Waals surface area contributed by atoms with Crippen LogP contribution in [0, 0.1) is 0 Å². The van der Waals surface area contributed by atoms with Gasteiger partial charge in [-0.1, -0.05) is 30.3 Å². The van der Waals surface area contributed by atoms with Crippen molar-refractivity contribution in [2.75, 3.05) is 5.32 Å². The number of nitrogens with one attached hydrogen (secondary N) is 1. The number of hydrogen-bond acceptors (Lipinski definition) is 3. The van der Waals surface area contributed by atoms with Crippen LogP contribution in [0.15, 0.2) is 85.1 Å². The van der Waals surface area contributed by atoms with Crippen molar-refractivity contribution in [1.82, 2.24) is 4.98 Å². The molecule has 1 amide bonds. The van der Waals surface area contributed by atoms with Crippen molar-refractivity contribution < 1.29 is 9.53 Å². The van der Waals surface area contributed by atoms with E-state index in [-0.39, 0.29) is 5.91 Å². The average molecular weight is 316 g/mol. The lowest BCUT2D eigenvalue weighted by molar-refractivity contribution is -0.111. The Labute approximate surface area is 140 Å². The predicted molar refractivity (Wildman–Crippen MR) is 94.9 cm³/mol. The molecule has 1 heterocycles. The number of para-hydroxylation sites is 1. The van der Waals surface area contributed by atoms with E-state index in [4.69, 9.17) is 4.74 Å². The SMILES string of the molecule is O=C(C=Cc1ccccn1)Nc1cccc(Oc2ccccc2)c1. The van der Waals surface area contributed by atoms with E-state index in [0.29, 0.717) is 11.4 Å². The van der Waals surface area contributed by atoms with Crippen molar-refractivity contribution >= 4 is 17.7 Å². The van der Waals surface area contributed by atoms with Gasteiger partial charge in [-0.15, -0.1) is 0 Å². The molecule has 0 saturated heterocycles. The van der Waals surface area contributed by atoms with Gasteiger partial charge in [-0.3, -0.25) is 9.78 Å². The van der Waals surface area contributed by atoms with E-state index in [1.165, 1.54) is 6.08 Å². The molecule has 0 radical (unpaired) electrons. The Morgan fingerprint density at radius 1 is 0.917 bits per heavy atom. The van der Waals surface area contributed by atoms with E-state index in [0.717, 1.165) is 11.4 Å². The van der Waals surface area contributed by atoms with Crippen molar-refractivity contribution in [2.45, 2.75) is 0 Å². The molecule has 0 aliphatic rings. The number of carbonyl (C=O) groups is 1. The first-order chi connectivity index (χ1) is 11.8. The molecule has 0 aliphatic carbocycles. The molecule has 2 aromatic carbocycles. The summed E-state index contributed by atoms with van der Waals surface area (Å²) in [5.41, 5.74) is 1.40. The summed E-state index contributed by atoms with van der Waals surface area (Å²) in [4.78, 5) is 16.1. The van der Waals surface area contributed by atoms with E-state index in [1.807, 2.05) is 66.7 Å². The molecular formula is C20H16N2O2. The van der Waals surface area contributed by atoms with Gasteiger partial charge in [0.05, 0.1) is 5.69 Å². The zero-order chi connectivity index (χ0) is 16.6. The minimum absolute atomic E-state index is 0.225. The van der Waals surface area contributed by atoms with Crippen molar-refractivity contribution in [2.24, 2.45) is 0 Å². The summed E-state index contributed by atoms with van der Waals surface area (Å²) < 4.78 is 5.75. The van der Waals surface area contributed by atoms with Gasteiger partial charge in [0, 0.05) is 24.0 Å². The third kappa shape index (κ3) is 4.55. The summed E-state index contributed by atoms with van der Waals surface area (Å²) in [6.45, 7) is 0. The number of hydrogen-bond donors (Lipinski definition) is 1. The molecule has 0 spiro atoms. The number of rotatable bonds is 5. The molecule has 0 aliphatic heterocycles. The highest BCUT2D eigenvalue weighted by atomic mass is 16.5. The van der Waals surface area contributed by atoms with Crippen molar-refractivity contribution in [3.8, 4) is 11.5 Å². The number of aromatic nitrogens is 1. The van der Waals surface area contributed by atoms with Gasteiger partial charge in [0.25, 0.3) is 0 Å². The summed E-state index contributed by atoms with van der Waals surface area (Å²) in [5.74, 6) is 1.18. The Balaban J connectivity index is 1.64. The third-order valence-electron chi connectivity index (χ3n) is 3.17. The lowest BCUT2D eigenvalue weighted by Crippen LogP contribution is -2.07. The smallest absolute Gasteiger partial charge is 0.248 e. The summed E-state index contributed by atoms with van der Waals surface area (Å²) in [5, 5.41) is 2.80. The van der Waals surface area contributed by atoms with Gasteiger partial charge in [-0.2, -0.15) is 0 Å². The molecule has 118 valence electrons. The number of anilines is 1. The molecule has 1 N–H and O–H groups in total. The Morgan fingerprint density at radius 3 is 2.50 bits per heavy atom. The number of pyridine rings is 1. The topological polar surface area (TPSA) is 51.2 Å². The largest absolute Gasteiger partial charge is 0.457 e. The first kappa shape index (κ1) is 15.5. The van der Waals surface area contributed by atoms with Gasteiger partial charge in [-0.25, -0.2) is 0 Å². The molecule has 0 fully saturated rings.